The van der Waals surface area contributed by atoms with E-state index in [1.54, 1.807) is 11.8 Å². The van der Waals surface area contributed by atoms with Gasteiger partial charge in [-0.05, 0) is 89.8 Å². The number of benzene rings is 3. The predicted molar refractivity (Wildman–Crippen MR) is 134 cm³/mol. The Hall–Kier alpha value is -2.13. The molecule has 0 aromatic heterocycles. The van der Waals surface area contributed by atoms with Crippen LogP contribution in [0.1, 0.15) is 71.9 Å². The highest BCUT2D eigenvalue weighted by Gasteiger charge is 2.53. The lowest BCUT2D eigenvalue weighted by atomic mass is 9.52. The zero-order valence-corrected chi connectivity index (χ0v) is 20.7. The molecule has 166 valence electrons. The fourth-order valence-electron chi connectivity index (χ4n) is 7.55. The number of hydrogen-bond donors (Lipinski definition) is 1. The minimum Gasteiger partial charge on any atom is -0.507 e. The van der Waals surface area contributed by atoms with E-state index in [9.17, 15) is 5.11 Å². The van der Waals surface area contributed by atoms with Crippen molar-refractivity contribution in [2.45, 2.75) is 76.0 Å². The molecule has 0 bridgehead atoms. The first-order valence-corrected chi connectivity index (χ1v) is 12.5. The second kappa shape index (κ2) is 6.05. The summed E-state index contributed by atoms with van der Waals surface area (Å²) in [4.78, 5) is 0.827. The Morgan fingerprint density at radius 1 is 0.812 bits per heavy atom. The third kappa shape index (κ3) is 2.79. The van der Waals surface area contributed by atoms with Crippen molar-refractivity contribution >= 4 is 22.5 Å². The molecule has 0 unspecified atom stereocenters. The molecule has 3 aromatic rings. The number of hydrogen-bond acceptors (Lipinski definition) is 3. The second-order valence-corrected chi connectivity index (χ2v) is 13.9. The molecular formula is C29H32O2S. The summed E-state index contributed by atoms with van der Waals surface area (Å²) in [5.74, 6) is 1.32. The summed E-state index contributed by atoms with van der Waals surface area (Å²) in [7, 11) is 0. The fraction of sp³-hybridized carbons (Fsp3) is 0.448. The van der Waals surface area contributed by atoms with Gasteiger partial charge in [-0.15, -0.1) is 0 Å². The number of phenols is 1. The van der Waals surface area contributed by atoms with Crippen LogP contribution in [0.4, 0.5) is 0 Å². The van der Waals surface area contributed by atoms with Crippen molar-refractivity contribution in [3.05, 3.63) is 53.6 Å². The Kier molecular flexibility index (Phi) is 3.87. The van der Waals surface area contributed by atoms with Crippen LogP contribution in [0.3, 0.4) is 0 Å². The molecule has 3 aliphatic rings. The molecule has 2 nitrogen and oxygen atoms in total. The molecule has 6 rings (SSSR count). The lowest BCUT2D eigenvalue weighted by Crippen LogP contribution is -2.43. The molecule has 0 amide bonds. The van der Waals surface area contributed by atoms with E-state index < -0.39 is 0 Å². The summed E-state index contributed by atoms with van der Waals surface area (Å²) < 4.78 is 6.27. The van der Waals surface area contributed by atoms with Crippen LogP contribution < -0.4 is 4.74 Å². The van der Waals surface area contributed by atoms with Crippen molar-refractivity contribution in [1.29, 1.82) is 0 Å². The summed E-state index contributed by atoms with van der Waals surface area (Å²) in [6.45, 7) is 13.9. The van der Waals surface area contributed by atoms with Crippen molar-refractivity contribution in [1.82, 2.24) is 0 Å². The molecule has 1 aliphatic heterocycles. The maximum Gasteiger partial charge on any atom is 0.153 e. The molecule has 32 heavy (non-hydrogen) atoms. The third-order valence-electron chi connectivity index (χ3n) is 7.64. The first kappa shape index (κ1) is 20.5. The number of thioether (sulfide) groups is 1. The lowest BCUT2D eigenvalue weighted by Gasteiger charge is -2.51. The maximum atomic E-state index is 11.3. The molecular weight excluding hydrogens is 412 g/mol. The fourth-order valence-corrected chi connectivity index (χ4v) is 8.59. The van der Waals surface area contributed by atoms with E-state index in [2.05, 4.69) is 84.0 Å². The quantitative estimate of drug-likeness (QED) is 0.378. The van der Waals surface area contributed by atoms with Crippen LogP contribution in [0, 0.1) is 10.8 Å². The Morgan fingerprint density at radius 3 is 2.22 bits per heavy atom. The average Bonchev–Trinajstić information content (AvgIpc) is 3.08. The number of ether oxygens (including phenoxy) is 1. The number of rotatable bonds is 0. The Morgan fingerprint density at radius 2 is 1.50 bits per heavy atom. The van der Waals surface area contributed by atoms with Gasteiger partial charge >= 0.3 is 0 Å². The van der Waals surface area contributed by atoms with Gasteiger partial charge in [0, 0.05) is 10.8 Å². The van der Waals surface area contributed by atoms with Gasteiger partial charge in [-0.3, -0.25) is 0 Å². The van der Waals surface area contributed by atoms with Crippen LogP contribution in [-0.2, 0) is 5.41 Å². The van der Waals surface area contributed by atoms with E-state index in [1.165, 1.54) is 28.7 Å². The topological polar surface area (TPSA) is 29.5 Å². The van der Waals surface area contributed by atoms with Gasteiger partial charge in [0.1, 0.15) is 11.5 Å². The largest absolute Gasteiger partial charge is 0.507 e. The van der Waals surface area contributed by atoms with Gasteiger partial charge in [-0.1, -0.05) is 63.7 Å². The average molecular weight is 445 g/mol. The normalized spacial score (nSPS) is 22.9. The van der Waals surface area contributed by atoms with E-state index in [-0.39, 0.29) is 21.2 Å². The van der Waals surface area contributed by atoms with E-state index in [1.807, 2.05) is 0 Å². The van der Waals surface area contributed by atoms with Gasteiger partial charge in [0.15, 0.2) is 4.93 Å². The Labute approximate surface area is 195 Å². The van der Waals surface area contributed by atoms with E-state index in [0.29, 0.717) is 5.75 Å². The highest BCUT2D eigenvalue weighted by atomic mass is 32.2. The van der Waals surface area contributed by atoms with Crippen molar-refractivity contribution in [2.75, 3.05) is 0 Å². The van der Waals surface area contributed by atoms with Gasteiger partial charge in [-0.25, -0.2) is 0 Å². The minimum absolute atomic E-state index is 0.0727. The summed E-state index contributed by atoms with van der Waals surface area (Å²) in [5.41, 5.74) is 5.73. The maximum absolute atomic E-state index is 11.3. The highest BCUT2D eigenvalue weighted by molar-refractivity contribution is 8.00. The highest BCUT2D eigenvalue weighted by Crippen LogP contribution is 2.65. The van der Waals surface area contributed by atoms with Crippen LogP contribution >= 0.6 is 11.8 Å². The zero-order chi connectivity index (χ0) is 22.7. The van der Waals surface area contributed by atoms with Gasteiger partial charge < -0.3 is 9.84 Å². The Bertz CT molecular complexity index is 1280. The van der Waals surface area contributed by atoms with Crippen molar-refractivity contribution in [2.24, 2.45) is 10.8 Å². The zero-order valence-electron chi connectivity index (χ0n) is 19.9. The molecule has 1 fully saturated rings. The molecule has 0 saturated heterocycles. The van der Waals surface area contributed by atoms with Crippen LogP contribution in [-0.4, -0.2) is 10.0 Å². The molecule has 1 spiro atoms. The molecule has 0 atom stereocenters. The lowest BCUT2D eigenvalue weighted by molar-refractivity contribution is 0.0645. The van der Waals surface area contributed by atoms with Crippen LogP contribution in [0.5, 0.6) is 11.5 Å². The molecule has 1 N–H and O–H groups in total. The molecule has 1 saturated carbocycles. The summed E-state index contributed by atoms with van der Waals surface area (Å²) in [6, 6.07) is 15.3. The summed E-state index contributed by atoms with van der Waals surface area (Å²) >= 11 is 1.72. The monoisotopic (exact) mass is 444 g/mol. The molecule has 3 aromatic carbocycles. The van der Waals surface area contributed by atoms with Crippen LogP contribution in [0.2, 0.25) is 0 Å². The minimum atomic E-state index is -0.283. The van der Waals surface area contributed by atoms with Gasteiger partial charge in [0.05, 0.1) is 4.90 Å². The van der Waals surface area contributed by atoms with Gasteiger partial charge in [0.25, 0.3) is 0 Å². The van der Waals surface area contributed by atoms with Gasteiger partial charge in [0.2, 0.25) is 0 Å². The predicted octanol–water partition coefficient (Wildman–Crippen LogP) is 8.27. The van der Waals surface area contributed by atoms with Crippen molar-refractivity contribution in [3.63, 3.8) is 0 Å². The SMILES string of the molecule is CC1(C)CC(C)(C)CC2(C1)c1ccccc1-c1c2cc(O)c2cc3c(cc12)OC(C)(C)S3. The standard InChI is InChI=1S/C29H32O2S/c1-26(2)14-27(3,4)16-29(15-26)20-10-8-7-9-17(20)25-19-11-23-24(32-28(5,6)31-23)12-18(19)22(30)13-21(25)29/h7-13,30H,14-16H2,1-6H3. The van der Waals surface area contributed by atoms with Crippen molar-refractivity contribution < 1.29 is 9.84 Å². The number of phenolic OH excluding ortho intramolecular Hbond substituents is 1. The first-order valence-electron chi connectivity index (χ1n) is 11.7. The van der Waals surface area contributed by atoms with E-state index >= 15 is 0 Å². The summed E-state index contributed by atoms with van der Waals surface area (Å²) in [5, 5.41) is 13.3. The molecule has 2 aliphatic carbocycles. The van der Waals surface area contributed by atoms with Crippen LogP contribution in [0.25, 0.3) is 21.9 Å². The van der Waals surface area contributed by atoms with Crippen LogP contribution in [0.15, 0.2) is 47.4 Å². The molecule has 0 radical (unpaired) electrons. The van der Waals surface area contributed by atoms with Crippen molar-refractivity contribution in [3.8, 4) is 22.6 Å². The first-order chi connectivity index (χ1) is 14.9. The molecule has 3 heteroatoms. The van der Waals surface area contributed by atoms with Gasteiger partial charge in [-0.2, -0.15) is 0 Å². The molecule has 1 heterocycles. The summed E-state index contributed by atoms with van der Waals surface area (Å²) in [6.07, 6.45) is 3.41. The smallest absolute Gasteiger partial charge is 0.153 e. The third-order valence-corrected chi connectivity index (χ3v) is 8.75. The number of fused-ring (bicyclic) bond motifs is 8. The van der Waals surface area contributed by atoms with E-state index in [4.69, 9.17) is 4.74 Å². The Balaban J connectivity index is 1.69. The number of aromatic hydroxyl groups is 1. The van der Waals surface area contributed by atoms with E-state index in [0.717, 1.165) is 34.3 Å². The second-order valence-electron chi connectivity index (χ2n) is 12.3.